The van der Waals surface area contributed by atoms with E-state index in [2.05, 4.69) is 34.1 Å². The zero-order valence-electron chi connectivity index (χ0n) is 14.4. The molecule has 0 bridgehead atoms. The summed E-state index contributed by atoms with van der Waals surface area (Å²) in [7, 11) is 0. The van der Waals surface area contributed by atoms with Crippen LogP contribution in [0.15, 0.2) is 71.3 Å². The van der Waals surface area contributed by atoms with Crippen LogP contribution in [0.2, 0.25) is 0 Å². The first-order chi connectivity index (χ1) is 12.8. The predicted molar refractivity (Wildman–Crippen MR) is 102 cm³/mol. The third-order valence-electron chi connectivity index (χ3n) is 4.90. The molecule has 0 saturated carbocycles. The van der Waals surface area contributed by atoms with Gasteiger partial charge in [-0.25, -0.2) is 9.97 Å². The van der Waals surface area contributed by atoms with Crippen LogP contribution in [0.1, 0.15) is 17.0 Å². The van der Waals surface area contributed by atoms with E-state index in [1.165, 1.54) is 11.3 Å². The largest absolute Gasteiger partial charge is 0.460 e. The molecule has 0 radical (unpaired) electrons. The SMILES string of the molecule is c1ccc(-c2ncc3c(n2)CCN(Cc2cc4ccccc4o2)C3)cc1. The fraction of sp³-hybridized carbons (Fsp3) is 0.182. The van der Waals surface area contributed by atoms with Gasteiger partial charge in [0.2, 0.25) is 0 Å². The molecule has 26 heavy (non-hydrogen) atoms. The molecule has 0 N–H and O–H groups in total. The van der Waals surface area contributed by atoms with E-state index in [4.69, 9.17) is 9.40 Å². The van der Waals surface area contributed by atoms with Gasteiger partial charge in [-0.3, -0.25) is 4.90 Å². The van der Waals surface area contributed by atoms with E-state index in [1.807, 2.05) is 42.6 Å². The number of rotatable bonds is 3. The summed E-state index contributed by atoms with van der Waals surface area (Å²) in [6, 6.07) is 20.5. The van der Waals surface area contributed by atoms with E-state index >= 15 is 0 Å². The Kier molecular flexibility index (Phi) is 3.76. The highest BCUT2D eigenvalue weighted by atomic mass is 16.3. The zero-order valence-corrected chi connectivity index (χ0v) is 14.4. The van der Waals surface area contributed by atoms with E-state index in [0.29, 0.717) is 0 Å². The molecule has 2 aromatic heterocycles. The van der Waals surface area contributed by atoms with Crippen molar-refractivity contribution in [3.63, 3.8) is 0 Å². The molecule has 1 aliphatic heterocycles. The monoisotopic (exact) mass is 341 g/mol. The van der Waals surface area contributed by atoms with Gasteiger partial charge >= 0.3 is 0 Å². The molecule has 0 spiro atoms. The molecule has 128 valence electrons. The first kappa shape index (κ1) is 15.3. The van der Waals surface area contributed by atoms with Gasteiger partial charge in [-0.2, -0.15) is 0 Å². The van der Waals surface area contributed by atoms with Gasteiger partial charge < -0.3 is 4.42 Å². The Morgan fingerprint density at radius 2 is 1.85 bits per heavy atom. The first-order valence-corrected chi connectivity index (χ1v) is 8.95. The van der Waals surface area contributed by atoms with E-state index in [9.17, 15) is 0 Å². The number of para-hydroxylation sites is 1. The van der Waals surface area contributed by atoms with Gasteiger partial charge in [-0.15, -0.1) is 0 Å². The molecule has 4 nitrogen and oxygen atoms in total. The topological polar surface area (TPSA) is 42.2 Å². The fourth-order valence-corrected chi connectivity index (χ4v) is 3.57. The van der Waals surface area contributed by atoms with Crippen LogP contribution in [0.5, 0.6) is 0 Å². The van der Waals surface area contributed by atoms with Crippen molar-refractivity contribution in [2.75, 3.05) is 6.54 Å². The lowest BCUT2D eigenvalue weighted by Crippen LogP contribution is -2.30. The van der Waals surface area contributed by atoms with Crippen LogP contribution < -0.4 is 0 Å². The van der Waals surface area contributed by atoms with Crippen molar-refractivity contribution < 1.29 is 4.42 Å². The summed E-state index contributed by atoms with van der Waals surface area (Å²) in [6.45, 7) is 2.66. The van der Waals surface area contributed by atoms with E-state index in [-0.39, 0.29) is 0 Å². The first-order valence-electron chi connectivity index (χ1n) is 8.95. The van der Waals surface area contributed by atoms with Crippen LogP contribution in [0.3, 0.4) is 0 Å². The third-order valence-corrected chi connectivity index (χ3v) is 4.90. The van der Waals surface area contributed by atoms with Crippen LogP contribution in [0, 0.1) is 0 Å². The molecule has 0 atom stereocenters. The Labute approximate surface area is 152 Å². The maximum Gasteiger partial charge on any atom is 0.159 e. The number of hydrogen-bond acceptors (Lipinski definition) is 4. The Bertz CT molecular complexity index is 1020. The molecular weight excluding hydrogens is 322 g/mol. The Hall–Kier alpha value is -2.98. The van der Waals surface area contributed by atoms with Gasteiger partial charge in [0.25, 0.3) is 0 Å². The average Bonchev–Trinajstić information content (AvgIpc) is 3.10. The minimum Gasteiger partial charge on any atom is -0.460 e. The van der Waals surface area contributed by atoms with E-state index in [1.54, 1.807) is 0 Å². The van der Waals surface area contributed by atoms with Crippen LogP contribution in [0.4, 0.5) is 0 Å². The van der Waals surface area contributed by atoms with Crippen LogP contribution in [-0.2, 0) is 19.5 Å². The van der Waals surface area contributed by atoms with Gasteiger partial charge in [-0.1, -0.05) is 48.5 Å². The predicted octanol–water partition coefficient (Wildman–Crippen LogP) is 4.45. The summed E-state index contributed by atoms with van der Waals surface area (Å²) >= 11 is 0. The van der Waals surface area contributed by atoms with Crippen molar-refractivity contribution in [1.29, 1.82) is 0 Å². The second-order valence-electron chi connectivity index (χ2n) is 6.74. The Balaban J connectivity index is 1.35. The minimum absolute atomic E-state index is 0.814. The Morgan fingerprint density at radius 1 is 1.00 bits per heavy atom. The summed E-state index contributed by atoms with van der Waals surface area (Å²) in [6.07, 6.45) is 2.92. The lowest BCUT2D eigenvalue weighted by atomic mass is 10.1. The number of aromatic nitrogens is 2. The summed E-state index contributed by atoms with van der Waals surface area (Å²) in [5.74, 6) is 1.83. The normalized spacial score (nSPS) is 14.5. The van der Waals surface area contributed by atoms with Crippen molar-refractivity contribution in [2.45, 2.75) is 19.5 Å². The molecule has 0 unspecified atom stereocenters. The molecule has 0 saturated heterocycles. The number of benzene rings is 2. The molecule has 5 rings (SSSR count). The maximum atomic E-state index is 5.96. The molecule has 0 aliphatic carbocycles. The quantitative estimate of drug-likeness (QED) is 0.552. The van der Waals surface area contributed by atoms with Crippen LogP contribution in [0.25, 0.3) is 22.4 Å². The second kappa shape index (κ2) is 6.39. The summed E-state index contributed by atoms with van der Waals surface area (Å²) in [5.41, 5.74) is 4.41. The number of nitrogens with zero attached hydrogens (tertiary/aromatic N) is 3. The van der Waals surface area contributed by atoms with Crippen molar-refractivity contribution in [1.82, 2.24) is 14.9 Å². The summed E-state index contributed by atoms with van der Waals surface area (Å²) in [4.78, 5) is 11.8. The Morgan fingerprint density at radius 3 is 2.73 bits per heavy atom. The smallest absolute Gasteiger partial charge is 0.159 e. The van der Waals surface area contributed by atoms with Gasteiger partial charge in [0, 0.05) is 42.2 Å². The lowest BCUT2D eigenvalue weighted by Gasteiger charge is -2.27. The van der Waals surface area contributed by atoms with E-state index < -0.39 is 0 Å². The van der Waals surface area contributed by atoms with Gasteiger partial charge in [-0.05, 0) is 12.1 Å². The molecule has 1 aliphatic rings. The molecule has 4 heteroatoms. The highest BCUT2D eigenvalue weighted by Gasteiger charge is 2.20. The fourth-order valence-electron chi connectivity index (χ4n) is 3.57. The average molecular weight is 341 g/mol. The standard InChI is InChI=1S/C22H19N3O/c1-2-6-16(7-3-1)22-23-13-18-14-25(11-10-20(18)24-22)15-19-12-17-8-4-5-9-21(17)26-19/h1-9,12-13H,10-11,14-15H2. The summed E-state index contributed by atoms with van der Waals surface area (Å²) in [5, 5.41) is 1.16. The van der Waals surface area contributed by atoms with Crippen molar-refractivity contribution >= 4 is 11.0 Å². The number of fused-ring (bicyclic) bond motifs is 2. The number of hydrogen-bond donors (Lipinski definition) is 0. The number of furan rings is 1. The summed E-state index contributed by atoms with van der Waals surface area (Å²) < 4.78 is 5.96. The van der Waals surface area contributed by atoms with Crippen molar-refractivity contribution in [3.05, 3.63) is 83.9 Å². The highest BCUT2D eigenvalue weighted by Crippen LogP contribution is 2.24. The van der Waals surface area contributed by atoms with Crippen LogP contribution >= 0.6 is 0 Å². The van der Waals surface area contributed by atoms with Crippen molar-refractivity contribution in [2.24, 2.45) is 0 Å². The molecule has 3 heterocycles. The van der Waals surface area contributed by atoms with Crippen LogP contribution in [-0.4, -0.2) is 21.4 Å². The van der Waals surface area contributed by atoms with E-state index in [0.717, 1.165) is 54.2 Å². The third kappa shape index (κ3) is 2.89. The minimum atomic E-state index is 0.814. The highest BCUT2D eigenvalue weighted by molar-refractivity contribution is 5.77. The van der Waals surface area contributed by atoms with Crippen molar-refractivity contribution in [3.8, 4) is 11.4 Å². The van der Waals surface area contributed by atoms with Gasteiger partial charge in [0.1, 0.15) is 11.3 Å². The molecule has 0 amide bonds. The molecular formula is C22H19N3O. The lowest BCUT2D eigenvalue weighted by molar-refractivity contribution is 0.225. The zero-order chi connectivity index (χ0) is 17.3. The maximum absolute atomic E-state index is 5.96. The van der Waals surface area contributed by atoms with Gasteiger partial charge in [0.05, 0.1) is 12.2 Å². The molecule has 0 fully saturated rings. The van der Waals surface area contributed by atoms with Gasteiger partial charge in [0.15, 0.2) is 5.82 Å². The second-order valence-corrected chi connectivity index (χ2v) is 6.74. The molecule has 2 aromatic carbocycles. The molecule has 4 aromatic rings.